The van der Waals surface area contributed by atoms with Crippen LogP contribution in [0.2, 0.25) is 0 Å². The first-order valence-corrected chi connectivity index (χ1v) is 11.7. The van der Waals surface area contributed by atoms with Crippen LogP contribution in [0.1, 0.15) is 45.2 Å². The van der Waals surface area contributed by atoms with Gasteiger partial charge in [0.1, 0.15) is 6.04 Å². The molecule has 1 rings (SSSR count). The Hall–Kier alpha value is -1.21. The average molecular weight is 401 g/mol. The molecule has 1 aromatic carbocycles. The van der Waals surface area contributed by atoms with Gasteiger partial charge >= 0.3 is 0 Å². The van der Waals surface area contributed by atoms with Gasteiger partial charge in [-0.3, -0.25) is 9.10 Å². The molecule has 0 aliphatic rings. The van der Waals surface area contributed by atoms with Crippen LogP contribution in [0.4, 0.5) is 5.69 Å². The molecule has 1 unspecified atom stereocenters. The Bertz CT molecular complexity index is 705. The first kappa shape index (κ1) is 22.8. The lowest BCUT2D eigenvalue weighted by atomic mass is 10.1. The normalized spacial score (nSPS) is 13.3. The van der Waals surface area contributed by atoms with Gasteiger partial charge in [0.25, 0.3) is 0 Å². The molecule has 1 atom stereocenters. The van der Waals surface area contributed by atoms with Gasteiger partial charge in [-0.2, -0.15) is 11.8 Å². The van der Waals surface area contributed by atoms with Crippen molar-refractivity contribution in [2.75, 3.05) is 22.9 Å². The van der Waals surface area contributed by atoms with E-state index in [1.165, 1.54) is 4.31 Å². The molecule has 26 heavy (non-hydrogen) atoms. The molecule has 5 nitrogen and oxygen atoms in total. The fraction of sp³-hybridized carbons (Fsp3) is 0.632. The van der Waals surface area contributed by atoms with E-state index in [4.69, 9.17) is 0 Å². The van der Waals surface area contributed by atoms with Crippen molar-refractivity contribution in [2.24, 2.45) is 0 Å². The molecule has 1 aromatic rings. The van der Waals surface area contributed by atoms with Gasteiger partial charge in [-0.05, 0) is 43.5 Å². The maximum atomic E-state index is 12.7. The van der Waals surface area contributed by atoms with Crippen molar-refractivity contribution in [3.05, 3.63) is 29.3 Å². The largest absolute Gasteiger partial charge is 0.353 e. The quantitative estimate of drug-likeness (QED) is 0.678. The van der Waals surface area contributed by atoms with Gasteiger partial charge in [-0.25, -0.2) is 8.42 Å². The Morgan fingerprint density at radius 3 is 2.15 bits per heavy atom. The van der Waals surface area contributed by atoms with Crippen molar-refractivity contribution in [1.82, 2.24) is 5.32 Å². The second-order valence-electron chi connectivity index (χ2n) is 7.58. The molecule has 0 heterocycles. The van der Waals surface area contributed by atoms with Crippen molar-refractivity contribution in [1.29, 1.82) is 0 Å². The lowest BCUT2D eigenvalue weighted by Crippen LogP contribution is -2.49. The standard InChI is InChI=1S/C19H32N2O3S2/c1-8-17(18(22)20-9-10-25-19(4,5)6)21(26(7,23)24)16-12-14(2)11-15(3)13-16/h11-13,17H,8-10H2,1-7H3,(H,20,22). The molecule has 0 saturated heterocycles. The van der Waals surface area contributed by atoms with E-state index in [-0.39, 0.29) is 10.7 Å². The second kappa shape index (κ2) is 9.13. The van der Waals surface area contributed by atoms with Crippen LogP contribution in [0.25, 0.3) is 0 Å². The number of sulfonamides is 1. The molecule has 7 heteroatoms. The molecule has 0 aliphatic heterocycles. The van der Waals surface area contributed by atoms with Crippen molar-refractivity contribution in [3.8, 4) is 0 Å². The lowest BCUT2D eigenvalue weighted by Gasteiger charge is -2.30. The number of nitrogens with zero attached hydrogens (tertiary/aromatic N) is 1. The van der Waals surface area contributed by atoms with E-state index in [9.17, 15) is 13.2 Å². The van der Waals surface area contributed by atoms with E-state index in [2.05, 4.69) is 26.1 Å². The number of anilines is 1. The second-order valence-corrected chi connectivity index (χ2v) is 11.4. The Morgan fingerprint density at radius 1 is 1.19 bits per heavy atom. The van der Waals surface area contributed by atoms with Crippen LogP contribution in [-0.4, -0.2) is 43.7 Å². The smallest absolute Gasteiger partial charge is 0.243 e. The number of hydrogen-bond donors (Lipinski definition) is 1. The molecule has 0 saturated carbocycles. The third-order valence-electron chi connectivity index (χ3n) is 3.73. The van der Waals surface area contributed by atoms with Crippen LogP contribution < -0.4 is 9.62 Å². The molecular formula is C19H32N2O3S2. The van der Waals surface area contributed by atoms with Gasteiger partial charge < -0.3 is 5.32 Å². The summed E-state index contributed by atoms with van der Waals surface area (Å²) in [7, 11) is -3.59. The summed E-state index contributed by atoms with van der Waals surface area (Å²) >= 11 is 1.76. The number of benzene rings is 1. The molecule has 0 spiro atoms. The zero-order valence-corrected chi connectivity index (χ0v) is 18.6. The predicted octanol–water partition coefficient (Wildman–Crippen LogP) is 3.50. The summed E-state index contributed by atoms with van der Waals surface area (Å²) in [4.78, 5) is 12.7. The number of amides is 1. The molecule has 0 aliphatic carbocycles. The van der Waals surface area contributed by atoms with Crippen LogP contribution in [0.15, 0.2) is 18.2 Å². The summed E-state index contributed by atoms with van der Waals surface area (Å²) < 4.78 is 26.3. The molecular weight excluding hydrogens is 368 g/mol. The average Bonchev–Trinajstić information content (AvgIpc) is 2.45. The highest BCUT2D eigenvalue weighted by atomic mass is 32.2. The van der Waals surface area contributed by atoms with Crippen molar-refractivity contribution >= 4 is 33.4 Å². The number of hydrogen-bond acceptors (Lipinski definition) is 4. The first-order valence-electron chi connectivity index (χ1n) is 8.84. The minimum atomic E-state index is -3.59. The van der Waals surface area contributed by atoms with Gasteiger partial charge in [0.15, 0.2) is 0 Å². The summed E-state index contributed by atoms with van der Waals surface area (Å²) in [6.45, 7) is 12.6. The maximum Gasteiger partial charge on any atom is 0.243 e. The minimum absolute atomic E-state index is 0.132. The van der Waals surface area contributed by atoms with Crippen molar-refractivity contribution in [2.45, 2.75) is 58.8 Å². The third-order valence-corrected chi connectivity index (χ3v) is 6.18. The zero-order valence-electron chi connectivity index (χ0n) is 16.9. The Morgan fingerprint density at radius 2 is 1.73 bits per heavy atom. The molecule has 1 amide bonds. The Labute approximate surface area is 163 Å². The summed E-state index contributed by atoms with van der Waals surface area (Å²) in [5.41, 5.74) is 2.46. The molecule has 0 fully saturated rings. The van der Waals surface area contributed by atoms with Gasteiger partial charge in [-0.1, -0.05) is 33.8 Å². The Balaban J connectivity index is 3.02. The molecule has 0 radical (unpaired) electrons. The van der Waals surface area contributed by atoms with Gasteiger partial charge in [0.05, 0.1) is 11.9 Å². The highest BCUT2D eigenvalue weighted by molar-refractivity contribution is 8.00. The van der Waals surface area contributed by atoms with Crippen LogP contribution >= 0.6 is 11.8 Å². The summed E-state index contributed by atoms with van der Waals surface area (Å²) in [5, 5.41) is 2.89. The van der Waals surface area contributed by atoms with Crippen LogP contribution in [0.5, 0.6) is 0 Å². The van der Waals surface area contributed by atoms with E-state index in [0.29, 0.717) is 18.7 Å². The van der Waals surface area contributed by atoms with Gasteiger partial charge in [0.2, 0.25) is 15.9 Å². The maximum absolute atomic E-state index is 12.7. The fourth-order valence-electron chi connectivity index (χ4n) is 2.79. The number of carbonyl (C=O) groups is 1. The molecule has 1 N–H and O–H groups in total. The van der Waals surface area contributed by atoms with E-state index >= 15 is 0 Å². The number of nitrogens with one attached hydrogen (secondary N) is 1. The highest BCUT2D eigenvalue weighted by Gasteiger charge is 2.31. The van der Waals surface area contributed by atoms with Crippen LogP contribution in [0.3, 0.4) is 0 Å². The van der Waals surface area contributed by atoms with E-state index in [1.54, 1.807) is 23.9 Å². The van der Waals surface area contributed by atoms with Crippen molar-refractivity contribution in [3.63, 3.8) is 0 Å². The van der Waals surface area contributed by atoms with Gasteiger partial charge in [-0.15, -0.1) is 0 Å². The Kier molecular flexibility index (Phi) is 8.02. The predicted molar refractivity (Wildman–Crippen MR) is 113 cm³/mol. The monoisotopic (exact) mass is 400 g/mol. The van der Waals surface area contributed by atoms with Crippen molar-refractivity contribution < 1.29 is 13.2 Å². The number of rotatable bonds is 8. The van der Waals surface area contributed by atoms with Crippen LogP contribution in [0, 0.1) is 13.8 Å². The summed E-state index contributed by atoms with van der Waals surface area (Å²) in [6.07, 6.45) is 1.55. The third kappa shape index (κ3) is 7.19. The van der Waals surface area contributed by atoms with E-state index in [0.717, 1.165) is 23.1 Å². The highest BCUT2D eigenvalue weighted by Crippen LogP contribution is 2.25. The van der Waals surface area contributed by atoms with E-state index < -0.39 is 16.1 Å². The topological polar surface area (TPSA) is 66.5 Å². The van der Waals surface area contributed by atoms with Gasteiger partial charge in [0, 0.05) is 17.0 Å². The summed E-state index contributed by atoms with van der Waals surface area (Å²) in [6, 6.07) is 4.83. The van der Waals surface area contributed by atoms with Crippen LogP contribution in [-0.2, 0) is 14.8 Å². The molecule has 0 aromatic heterocycles. The number of carbonyl (C=O) groups excluding carboxylic acids is 1. The fourth-order valence-corrected chi connectivity index (χ4v) is 4.80. The SMILES string of the molecule is CCC(C(=O)NCCSC(C)(C)C)N(c1cc(C)cc(C)c1)S(C)(=O)=O. The number of aryl methyl sites for hydroxylation is 2. The van der Waals surface area contributed by atoms with E-state index in [1.807, 2.05) is 26.8 Å². The summed E-state index contributed by atoms with van der Waals surface area (Å²) in [5.74, 6) is 0.528. The lowest BCUT2D eigenvalue weighted by molar-refractivity contribution is -0.122. The zero-order chi connectivity index (χ0) is 20.1. The first-order chi connectivity index (χ1) is 11.8. The molecule has 148 valence electrons. The minimum Gasteiger partial charge on any atom is -0.353 e. The molecule has 0 bridgehead atoms. The number of thioether (sulfide) groups is 1.